The fraction of sp³-hybridized carbons (Fsp3) is 0.357. The first-order valence-corrected chi connectivity index (χ1v) is 11.8. The van der Waals surface area contributed by atoms with Crippen LogP contribution in [0.1, 0.15) is 48.7 Å². The normalized spacial score (nSPS) is 11.3. The molecule has 3 aromatic rings. The van der Waals surface area contributed by atoms with E-state index in [4.69, 9.17) is 0 Å². The predicted octanol–water partition coefficient (Wildman–Crippen LogP) is 3.18. The second-order valence-electron chi connectivity index (χ2n) is 9.93. The average molecular weight is 488 g/mol. The lowest BCUT2D eigenvalue weighted by Crippen LogP contribution is -2.29. The lowest BCUT2D eigenvalue weighted by atomic mass is 9.96. The highest BCUT2D eigenvalue weighted by Gasteiger charge is 2.22. The molecule has 0 aliphatic heterocycles. The van der Waals surface area contributed by atoms with Crippen molar-refractivity contribution in [3.8, 4) is 11.8 Å². The number of aromatic nitrogens is 2. The minimum absolute atomic E-state index is 0.125. The second kappa shape index (κ2) is 11.8. The third-order valence-corrected chi connectivity index (χ3v) is 5.45. The summed E-state index contributed by atoms with van der Waals surface area (Å²) in [5, 5.41) is 6.36. The van der Waals surface area contributed by atoms with Gasteiger partial charge in [-0.05, 0) is 43.9 Å². The molecule has 8 nitrogen and oxygen atoms in total. The molecule has 2 aromatic carbocycles. The fourth-order valence-corrected chi connectivity index (χ4v) is 3.27. The van der Waals surface area contributed by atoms with Gasteiger partial charge in [0.25, 0.3) is 5.56 Å². The van der Waals surface area contributed by atoms with Crippen molar-refractivity contribution >= 4 is 28.5 Å². The van der Waals surface area contributed by atoms with Crippen LogP contribution in [0.3, 0.4) is 0 Å². The van der Waals surface area contributed by atoms with E-state index in [1.807, 2.05) is 49.3 Å². The number of amides is 1. The van der Waals surface area contributed by atoms with Crippen LogP contribution >= 0.6 is 0 Å². The molecule has 3 rings (SSSR count). The van der Waals surface area contributed by atoms with Crippen molar-refractivity contribution in [2.45, 2.75) is 33.7 Å². The van der Waals surface area contributed by atoms with Gasteiger partial charge in [0.05, 0.1) is 17.4 Å². The Hall–Kier alpha value is -3.80. The number of hydrogen-bond donors (Lipinski definition) is 3. The van der Waals surface area contributed by atoms with Gasteiger partial charge in [-0.15, -0.1) is 0 Å². The number of nitrogens with zero attached hydrogens (tertiary/aromatic N) is 2. The number of anilines is 1. The molecule has 36 heavy (non-hydrogen) atoms. The number of ketones is 1. The number of Topliss-reactive ketones (excluding diaryl/α,β-unsaturated/α-hetero) is 1. The highest BCUT2D eigenvalue weighted by Crippen LogP contribution is 2.17. The Morgan fingerprint density at radius 1 is 1.08 bits per heavy atom. The molecule has 1 amide bonds. The number of carbonyl (C=O) groups excluding carboxylic acids is 2. The third kappa shape index (κ3) is 7.60. The van der Waals surface area contributed by atoms with Crippen molar-refractivity contribution < 1.29 is 9.59 Å². The van der Waals surface area contributed by atoms with Gasteiger partial charge in [0.1, 0.15) is 0 Å². The molecule has 0 fully saturated rings. The van der Waals surface area contributed by atoms with Crippen LogP contribution in [0.2, 0.25) is 0 Å². The maximum atomic E-state index is 12.5. The van der Waals surface area contributed by atoms with Crippen molar-refractivity contribution in [2.75, 3.05) is 32.5 Å². The average Bonchev–Trinajstić information content (AvgIpc) is 2.82. The van der Waals surface area contributed by atoms with Crippen molar-refractivity contribution in [1.82, 2.24) is 20.2 Å². The van der Waals surface area contributed by atoms with E-state index in [2.05, 4.69) is 32.4 Å². The van der Waals surface area contributed by atoms with E-state index in [1.165, 1.54) is 0 Å². The van der Waals surface area contributed by atoms with Gasteiger partial charge in [-0.3, -0.25) is 24.7 Å². The summed E-state index contributed by atoms with van der Waals surface area (Å²) in [5.74, 6) is 6.20. The SMILES string of the molecule is CN(C)CCC(=O)c1ccc(C#CCNCc2ccc3nc(NC(=O)C(C)(C)C)[nH]c(=O)c3c2)cc1. The summed E-state index contributed by atoms with van der Waals surface area (Å²) in [4.78, 5) is 45.9. The van der Waals surface area contributed by atoms with Gasteiger partial charge in [0, 0.05) is 36.1 Å². The number of fused-ring (bicyclic) bond motifs is 1. The van der Waals surface area contributed by atoms with Crippen LogP contribution in [0.15, 0.2) is 47.3 Å². The highest BCUT2D eigenvalue weighted by molar-refractivity contribution is 5.96. The molecule has 0 saturated carbocycles. The van der Waals surface area contributed by atoms with Gasteiger partial charge >= 0.3 is 0 Å². The molecule has 8 heteroatoms. The molecule has 0 saturated heterocycles. The Balaban J connectivity index is 1.55. The van der Waals surface area contributed by atoms with Crippen LogP contribution < -0.4 is 16.2 Å². The lowest BCUT2D eigenvalue weighted by Gasteiger charge is -2.17. The zero-order chi connectivity index (χ0) is 26.3. The molecule has 0 spiro atoms. The van der Waals surface area contributed by atoms with Gasteiger partial charge in [-0.1, -0.05) is 50.8 Å². The Morgan fingerprint density at radius 3 is 2.47 bits per heavy atom. The van der Waals surface area contributed by atoms with Crippen molar-refractivity contribution in [3.63, 3.8) is 0 Å². The Morgan fingerprint density at radius 2 is 1.81 bits per heavy atom. The molecule has 1 heterocycles. The first kappa shape index (κ1) is 26.8. The molecule has 0 bridgehead atoms. The zero-order valence-corrected chi connectivity index (χ0v) is 21.5. The zero-order valence-electron chi connectivity index (χ0n) is 21.5. The summed E-state index contributed by atoms with van der Waals surface area (Å²) < 4.78 is 0. The molecule has 0 aliphatic rings. The number of rotatable bonds is 8. The van der Waals surface area contributed by atoms with E-state index < -0.39 is 5.41 Å². The molecular weight excluding hydrogens is 454 g/mol. The lowest BCUT2D eigenvalue weighted by molar-refractivity contribution is -0.123. The Labute approximate surface area is 211 Å². The van der Waals surface area contributed by atoms with E-state index >= 15 is 0 Å². The first-order chi connectivity index (χ1) is 17.0. The summed E-state index contributed by atoms with van der Waals surface area (Å²) >= 11 is 0. The minimum atomic E-state index is -0.597. The summed E-state index contributed by atoms with van der Waals surface area (Å²) in [6, 6.07) is 12.8. The Bertz CT molecular complexity index is 1360. The van der Waals surface area contributed by atoms with Crippen LogP contribution in [0.5, 0.6) is 0 Å². The van der Waals surface area contributed by atoms with Gasteiger partial charge in [0.15, 0.2) is 5.78 Å². The number of nitrogens with one attached hydrogen (secondary N) is 3. The number of carbonyl (C=O) groups is 2. The second-order valence-corrected chi connectivity index (χ2v) is 9.93. The Kier molecular flexibility index (Phi) is 8.75. The van der Waals surface area contributed by atoms with Crippen molar-refractivity contribution in [1.29, 1.82) is 0 Å². The highest BCUT2D eigenvalue weighted by atomic mass is 16.2. The van der Waals surface area contributed by atoms with Crippen molar-refractivity contribution in [2.24, 2.45) is 5.41 Å². The van der Waals surface area contributed by atoms with Gasteiger partial charge in [0.2, 0.25) is 11.9 Å². The largest absolute Gasteiger partial charge is 0.309 e. The first-order valence-electron chi connectivity index (χ1n) is 11.8. The van der Waals surface area contributed by atoms with E-state index in [9.17, 15) is 14.4 Å². The molecule has 3 N–H and O–H groups in total. The molecule has 0 aliphatic carbocycles. The topological polar surface area (TPSA) is 107 Å². The molecule has 0 radical (unpaired) electrons. The number of benzene rings is 2. The molecule has 1 aromatic heterocycles. The van der Waals surface area contributed by atoms with E-state index in [0.717, 1.165) is 17.7 Å². The quantitative estimate of drug-likeness (QED) is 0.256. The molecular formula is C28H33N5O3. The third-order valence-electron chi connectivity index (χ3n) is 5.45. The van der Waals surface area contributed by atoms with Crippen molar-refractivity contribution in [3.05, 3.63) is 69.5 Å². The van der Waals surface area contributed by atoms with E-state index in [-0.39, 0.29) is 23.2 Å². The monoisotopic (exact) mass is 487 g/mol. The summed E-state index contributed by atoms with van der Waals surface area (Å²) in [6.07, 6.45) is 0.494. The van der Waals surface area contributed by atoms with E-state index in [0.29, 0.717) is 36.0 Å². The summed E-state index contributed by atoms with van der Waals surface area (Å²) in [7, 11) is 3.90. The van der Waals surface area contributed by atoms with Crippen LogP contribution in [-0.4, -0.2) is 53.7 Å². The summed E-state index contributed by atoms with van der Waals surface area (Å²) in [6.45, 7) is 7.09. The van der Waals surface area contributed by atoms with Crippen LogP contribution in [-0.2, 0) is 11.3 Å². The molecule has 188 valence electrons. The van der Waals surface area contributed by atoms with Crippen LogP contribution in [0.25, 0.3) is 10.9 Å². The maximum Gasteiger partial charge on any atom is 0.260 e. The number of H-pyrrole nitrogens is 1. The molecule has 0 unspecified atom stereocenters. The number of aromatic amines is 1. The summed E-state index contributed by atoms with van der Waals surface area (Å²) in [5.41, 5.74) is 2.07. The van der Waals surface area contributed by atoms with Gasteiger partial charge < -0.3 is 10.2 Å². The minimum Gasteiger partial charge on any atom is -0.309 e. The van der Waals surface area contributed by atoms with Crippen LogP contribution in [0, 0.1) is 17.3 Å². The smallest absolute Gasteiger partial charge is 0.260 e. The molecule has 0 atom stereocenters. The predicted molar refractivity (Wildman–Crippen MR) is 143 cm³/mol. The van der Waals surface area contributed by atoms with Crippen LogP contribution in [0.4, 0.5) is 5.95 Å². The van der Waals surface area contributed by atoms with Gasteiger partial charge in [-0.25, -0.2) is 4.98 Å². The standard InChI is InChI=1S/C28H33N5O3/c1-28(2,3)26(36)32-27-30-23-13-10-20(17-22(23)25(35)31-27)18-29-15-6-7-19-8-11-21(12-9-19)24(34)14-16-33(4)5/h8-13,17,29H,14-16,18H2,1-5H3,(H2,30,31,32,35,36). The fourth-order valence-electron chi connectivity index (χ4n) is 3.27. The van der Waals surface area contributed by atoms with Gasteiger partial charge in [-0.2, -0.15) is 0 Å². The maximum absolute atomic E-state index is 12.5. The number of hydrogen-bond acceptors (Lipinski definition) is 6. The van der Waals surface area contributed by atoms with E-state index in [1.54, 1.807) is 32.9 Å².